The number of hydrogen-bond acceptors (Lipinski definition) is 3. The van der Waals surface area contributed by atoms with Gasteiger partial charge in [0.2, 0.25) is 0 Å². The molecule has 2 N–H and O–H groups in total. The van der Waals surface area contributed by atoms with Crippen LogP contribution in [0.15, 0.2) is 60.7 Å². The summed E-state index contributed by atoms with van der Waals surface area (Å²) in [6.45, 7) is 2.00. The summed E-state index contributed by atoms with van der Waals surface area (Å²) in [4.78, 5) is 0. The number of halogens is 1. The van der Waals surface area contributed by atoms with E-state index in [0.29, 0.717) is 10.6 Å². The summed E-state index contributed by atoms with van der Waals surface area (Å²) in [7, 11) is 0. The molecule has 26 heavy (non-hydrogen) atoms. The molecule has 2 aromatic heterocycles. The van der Waals surface area contributed by atoms with Crippen LogP contribution in [0.4, 0.5) is 4.39 Å². The van der Waals surface area contributed by atoms with Gasteiger partial charge >= 0.3 is 0 Å². The van der Waals surface area contributed by atoms with E-state index in [4.69, 9.17) is 12.2 Å². The maximum absolute atomic E-state index is 13.2. The second-order valence-corrected chi connectivity index (χ2v) is 6.37. The smallest absolute Gasteiger partial charge is 0.196 e. The lowest BCUT2D eigenvalue weighted by Crippen LogP contribution is -2.09. The van der Waals surface area contributed by atoms with Gasteiger partial charge in [0.1, 0.15) is 11.5 Å². The van der Waals surface area contributed by atoms with Gasteiger partial charge in [0, 0.05) is 5.56 Å². The quantitative estimate of drug-likeness (QED) is 0.513. The summed E-state index contributed by atoms with van der Waals surface area (Å²) in [6, 6.07) is 18.1. The number of nitrogens with one attached hydrogen (secondary N) is 2. The Hall–Kier alpha value is -3.06. The summed E-state index contributed by atoms with van der Waals surface area (Å²) in [6.07, 6.45) is 0. The summed E-state index contributed by atoms with van der Waals surface area (Å²) in [5, 5.41) is 14.6. The Morgan fingerprint density at radius 2 is 1.73 bits per heavy atom. The first-order valence-corrected chi connectivity index (χ1v) is 8.58. The summed E-state index contributed by atoms with van der Waals surface area (Å²) < 4.78 is 15.6. The van der Waals surface area contributed by atoms with Gasteiger partial charge in [-0.3, -0.25) is 14.8 Å². The predicted molar refractivity (Wildman–Crippen MR) is 101 cm³/mol. The molecule has 7 heteroatoms. The third kappa shape index (κ3) is 2.97. The largest absolute Gasteiger partial charge is 0.292 e. The van der Waals surface area contributed by atoms with E-state index >= 15 is 0 Å². The Balaban J connectivity index is 1.74. The van der Waals surface area contributed by atoms with E-state index in [0.717, 1.165) is 22.5 Å². The fraction of sp³-hybridized carbons (Fsp3) is 0.105. The number of benzene rings is 2. The molecular formula is C19H16FN5S. The van der Waals surface area contributed by atoms with Crippen LogP contribution in [0, 0.1) is 10.6 Å². The first kappa shape index (κ1) is 16.4. The van der Waals surface area contributed by atoms with Gasteiger partial charge in [0.25, 0.3) is 0 Å². The number of H-pyrrole nitrogens is 2. The Bertz CT molecular complexity index is 1080. The van der Waals surface area contributed by atoms with E-state index in [1.807, 2.05) is 47.9 Å². The van der Waals surface area contributed by atoms with Crippen molar-refractivity contribution in [1.29, 1.82) is 0 Å². The molecule has 0 amide bonds. The minimum atomic E-state index is -0.266. The zero-order chi connectivity index (χ0) is 18.1. The summed E-state index contributed by atoms with van der Waals surface area (Å²) in [5.74, 6) is 0.388. The molecule has 0 aliphatic carbocycles. The molecule has 0 spiro atoms. The predicted octanol–water partition coefficient (Wildman–Crippen LogP) is 4.75. The van der Waals surface area contributed by atoms with Crippen LogP contribution in [-0.2, 0) is 0 Å². The number of aromatic nitrogens is 5. The van der Waals surface area contributed by atoms with Crippen molar-refractivity contribution < 1.29 is 4.39 Å². The number of rotatable bonds is 4. The molecule has 0 fully saturated rings. The van der Waals surface area contributed by atoms with Crippen molar-refractivity contribution in [3.05, 3.63) is 76.8 Å². The molecule has 0 unspecified atom stereocenters. The Morgan fingerprint density at radius 3 is 2.46 bits per heavy atom. The van der Waals surface area contributed by atoms with E-state index in [1.165, 1.54) is 12.1 Å². The van der Waals surface area contributed by atoms with Gasteiger partial charge in [-0.15, -0.1) is 0 Å². The van der Waals surface area contributed by atoms with Crippen LogP contribution in [0.2, 0.25) is 0 Å². The lowest BCUT2D eigenvalue weighted by Gasteiger charge is -2.15. The van der Waals surface area contributed by atoms with Crippen LogP contribution in [-0.4, -0.2) is 25.0 Å². The molecule has 0 saturated carbocycles. The second-order valence-electron chi connectivity index (χ2n) is 5.98. The van der Waals surface area contributed by atoms with Crippen molar-refractivity contribution in [2.75, 3.05) is 0 Å². The lowest BCUT2D eigenvalue weighted by molar-refractivity contribution is 0.613. The Morgan fingerprint density at radius 1 is 1.00 bits per heavy atom. The van der Waals surface area contributed by atoms with E-state index in [1.54, 1.807) is 12.1 Å². The van der Waals surface area contributed by atoms with Gasteiger partial charge in [0.05, 0.1) is 11.7 Å². The SMILES string of the molecule is C[C@@H](c1ccc(F)cc1)n1c(-c2cc(-c3ccccc3)n[nH]2)n[nH]c1=S. The molecule has 2 heterocycles. The molecule has 0 bridgehead atoms. The molecule has 5 nitrogen and oxygen atoms in total. The van der Waals surface area contributed by atoms with Crippen LogP contribution >= 0.6 is 12.2 Å². The van der Waals surface area contributed by atoms with Gasteiger partial charge < -0.3 is 0 Å². The van der Waals surface area contributed by atoms with Crippen LogP contribution in [0.3, 0.4) is 0 Å². The highest BCUT2D eigenvalue weighted by atomic mass is 32.1. The van der Waals surface area contributed by atoms with Crippen molar-refractivity contribution in [1.82, 2.24) is 25.0 Å². The highest BCUT2D eigenvalue weighted by molar-refractivity contribution is 7.71. The van der Waals surface area contributed by atoms with Gasteiger partial charge in [-0.05, 0) is 42.9 Å². The maximum Gasteiger partial charge on any atom is 0.196 e. The number of aromatic amines is 2. The third-order valence-corrected chi connectivity index (χ3v) is 4.62. The topological polar surface area (TPSA) is 62.3 Å². The molecular weight excluding hydrogens is 349 g/mol. The van der Waals surface area contributed by atoms with E-state index in [9.17, 15) is 4.39 Å². The normalized spacial score (nSPS) is 12.2. The number of nitrogens with zero attached hydrogens (tertiary/aromatic N) is 3. The van der Waals surface area contributed by atoms with Gasteiger partial charge in [-0.2, -0.15) is 10.2 Å². The van der Waals surface area contributed by atoms with Gasteiger partial charge in [-0.25, -0.2) is 4.39 Å². The average molecular weight is 365 g/mol. The van der Waals surface area contributed by atoms with Crippen molar-refractivity contribution in [3.63, 3.8) is 0 Å². The second kappa shape index (κ2) is 6.68. The fourth-order valence-electron chi connectivity index (χ4n) is 2.94. The molecule has 4 aromatic rings. The molecule has 1 atom stereocenters. The molecule has 0 aliphatic rings. The van der Waals surface area contributed by atoms with Crippen LogP contribution < -0.4 is 0 Å². The molecule has 4 rings (SSSR count). The van der Waals surface area contributed by atoms with E-state index in [2.05, 4.69) is 20.4 Å². The van der Waals surface area contributed by atoms with Crippen LogP contribution in [0.5, 0.6) is 0 Å². The van der Waals surface area contributed by atoms with Crippen molar-refractivity contribution in [2.45, 2.75) is 13.0 Å². The first-order valence-electron chi connectivity index (χ1n) is 8.17. The Labute approximate surface area is 154 Å². The minimum Gasteiger partial charge on any atom is -0.292 e. The van der Waals surface area contributed by atoms with E-state index < -0.39 is 0 Å². The molecule has 2 aromatic carbocycles. The Kier molecular flexibility index (Phi) is 4.22. The molecule has 130 valence electrons. The standard InChI is InChI=1S/C19H16FN5S/c1-12(13-7-9-15(20)10-8-13)25-18(23-24-19(25)26)17-11-16(21-22-17)14-5-3-2-4-6-14/h2-12H,1H3,(H,21,22)(H,24,26)/t12-/m0/s1. The molecule has 0 radical (unpaired) electrons. The fourth-order valence-corrected chi connectivity index (χ4v) is 3.23. The third-order valence-electron chi connectivity index (χ3n) is 4.33. The first-order chi connectivity index (χ1) is 12.6. The highest BCUT2D eigenvalue weighted by Crippen LogP contribution is 2.27. The average Bonchev–Trinajstić information content (AvgIpc) is 3.29. The van der Waals surface area contributed by atoms with E-state index in [-0.39, 0.29) is 11.9 Å². The molecule has 0 aliphatic heterocycles. The van der Waals surface area contributed by atoms with Gasteiger partial charge in [-0.1, -0.05) is 42.5 Å². The zero-order valence-corrected chi connectivity index (χ0v) is 14.8. The summed E-state index contributed by atoms with van der Waals surface area (Å²) in [5.41, 5.74) is 3.54. The van der Waals surface area contributed by atoms with Crippen molar-refractivity contribution >= 4 is 12.2 Å². The van der Waals surface area contributed by atoms with Crippen LogP contribution in [0.25, 0.3) is 22.8 Å². The zero-order valence-electron chi connectivity index (χ0n) is 14.0. The minimum absolute atomic E-state index is 0.111. The highest BCUT2D eigenvalue weighted by Gasteiger charge is 2.18. The van der Waals surface area contributed by atoms with Crippen molar-refractivity contribution in [2.24, 2.45) is 0 Å². The van der Waals surface area contributed by atoms with Crippen LogP contribution in [0.1, 0.15) is 18.5 Å². The maximum atomic E-state index is 13.2. The van der Waals surface area contributed by atoms with Crippen molar-refractivity contribution in [3.8, 4) is 22.8 Å². The monoisotopic (exact) mass is 365 g/mol. The van der Waals surface area contributed by atoms with Gasteiger partial charge in [0.15, 0.2) is 10.6 Å². The lowest BCUT2D eigenvalue weighted by atomic mass is 10.1. The summed E-state index contributed by atoms with van der Waals surface area (Å²) >= 11 is 5.41. The molecule has 0 saturated heterocycles. The number of hydrogen-bond donors (Lipinski definition) is 2.